The number of halogens is 2. The van der Waals surface area contributed by atoms with Crippen LogP contribution in [-0.4, -0.2) is 43.0 Å². The standard InChI is InChI=1S/C14H21N3O.2ClH/c1-11-4-3-5-13(10-11)16-6-8-17(9-7-16)14(18)12(2)15;;/h3-5,10,12H,6-9,15H2,1-2H3;2*1H/t12-;;/m1../s1. The average Bonchev–Trinajstić information content (AvgIpc) is 2.38. The van der Waals surface area contributed by atoms with Gasteiger partial charge in [-0.25, -0.2) is 0 Å². The van der Waals surface area contributed by atoms with E-state index in [1.165, 1.54) is 11.3 Å². The third kappa shape index (κ3) is 4.54. The smallest absolute Gasteiger partial charge is 0.239 e. The highest BCUT2D eigenvalue weighted by molar-refractivity contribution is 5.85. The molecule has 2 N–H and O–H groups in total. The van der Waals surface area contributed by atoms with Crippen LogP contribution in [0.5, 0.6) is 0 Å². The van der Waals surface area contributed by atoms with Gasteiger partial charge in [-0.2, -0.15) is 0 Å². The van der Waals surface area contributed by atoms with Crippen LogP contribution in [0.2, 0.25) is 0 Å². The number of rotatable bonds is 2. The first-order valence-corrected chi connectivity index (χ1v) is 6.44. The van der Waals surface area contributed by atoms with Crippen molar-refractivity contribution in [2.45, 2.75) is 19.9 Å². The number of aryl methyl sites for hydroxylation is 1. The molecule has 0 bridgehead atoms. The zero-order valence-electron chi connectivity index (χ0n) is 11.9. The van der Waals surface area contributed by atoms with Gasteiger partial charge in [0.25, 0.3) is 0 Å². The molecule has 6 heteroatoms. The lowest BCUT2D eigenvalue weighted by molar-refractivity contribution is -0.132. The first-order valence-electron chi connectivity index (χ1n) is 6.44. The Labute approximate surface area is 133 Å². The summed E-state index contributed by atoms with van der Waals surface area (Å²) in [6.07, 6.45) is 0. The van der Waals surface area contributed by atoms with Crippen LogP contribution < -0.4 is 10.6 Å². The normalized spacial score (nSPS) is 15.9. The molecule has 1 aromatic rings. The van der Waals surface area contributed by atoms with Crippen molar-refractivity contribution in [3.05, 3.63) is 29.8 Å². The maximum atomic E-state index is 11.8. The molecule has 0 aliphatic carbocycles. The Morgan fingerprint density at radius 1 is 1.20 bits per heavy atom. The SMILES string of the molecule is Cc1cccc(N2CCN(C(=O)[C@@H](C)N)CC2)c1.Cl.Cl. The first kappa shape index (κ1) is 19.0. The molecule has 20 heavy (non-hydrogen) atoms. The Morgan fingerprint density at radius 2 is 1.80 bits per heavy atom. The molecule has 0 spiro atoms. The zero-order valence-corrected chi connectivity index (χ0v) is 13.5. The number of nitrogens with two attached hydrogens (primary N) is 1. The van der Waals surface area contributed by atoms with Gasteiger partial charge in [0.15, 0.2) is 0 Å². The molecule has 1 aromatic carbocycles. The Balaban J connectivity index is 0.00000180. The van der Waals surface area contributed by atoms with Crippen molar-refractivity contribution in [1.29, 1.82) is 0 Å². The number of amides is 1. The molecule has 1 saturated heterocycles. The number of hydrogen-bond donors (Lipinski definition) is 1. The Bertz CT molecular complexity index is 432. The molecule has 0 saturated carbocycles. The fourth-order valence-corrected chi connectivity index (χ4v) is 2.30. The monoisotopic (exact) mass is 319 g/mol. The van der Waals surface area contributed by atoms with Gasteiger partial charge in [-0.15, -0.1) is 24.8 Å². The summed E-state index contributed by atoms with van der Waals surface area (Å²) in [4.78, 5) is 16.0. The van der Waals surface area contributed by atoms with Gasteiger partial charge in [0.1, 0.15) is 0 Å². The molecule has 1 amide bonds. The van der Waals surface area contributed by atoms with E-state index in [2.05, 4.69) is 36.1 Å². The van der Waals surface area contributed by atoms with Crippen LogP contribution in [-0.2, 0) is 4.79 Å². The number of carbonyl (C=O) groups is 1. The lowest BCUT2D eigenvalue weighted by Crippen LogP contribution is -2.52. The summed E-state index contributed by atoms with van der Waals surface area (Å²) in [5, 5.41) is 0. The maximum absolute atomic E-state index is 11.8. The first-order chi connectivity index (χ1) is 8.58. The number of anilines is 1. The highest BCUT2D eigenvalue weighted by Crippen LogP contribution is 2.17. The van der Waals surface area contributed by atoms with E-state index in [1.54, 1.807) is 6.92 Å². The van der Waals surface area contributed by atoms with E-state index in [0.717, 1.165) is 26.2 Å². The molecule has 1 atom stereocenters. The highest BCUT2D eigenvalue weighted by atomic mass is 35.5. The van der Waals surface area contributed by atoms with E-state index in [0.29, 0.717) is 0 Å². The van der Waals surface area contributed by atoms with Crippen molar-refractivity contribution in [2.24, 2.45) is 5.73 Å². The number of hydrogen-bond acceptors (Lipinski definition) is 3. The molecular formula is C14H23Cl2N3O. The fourth-order valence-electron chi connectivity index (χ4n) is 2.30. The van der Waals surface area contributed by atoms with Gasteiger partial charge in [0.2, 0.25) is 5.91 Å². The topological polar surface area (TPSA) is 49.6 Å². The third-order valence-electron chi connectivity index (χ3n) is 3.35. The van der Waals surface area contributed by atoms with Crippen molar-refractivity contribution in [3.63, 3.8) is 0 Å². The average molecular weight is 320 g/mol. The molecule has 1 heterocycles. The largest absolute Gasteiger partial charge is 0.368 e. The van der Waals surface area contributed by atoms with Crippen molar-refractivity contribution in [3.8, 4) is 0 Å². The summed E-state index contributed by atoms with van der Waals surface area (Å²) in [5.74, 6) is 0.0545. The van der Waals surface area contributed by atoms with E-state index < -0.39 is 6.04 Å². The quantitative estimate of drug-likeness (QED) is 0.904. The Kier molecular flexibility index (Phi) is 7.94. The van der Waals surface area contributed by atoms with Crippen molar-refractivity contribution in [2.75, 3.05) is 31.1 Å². The van der Waals surface area contributed by atoms with Gasteiger partial charge in [-0.3, -0.25) is 4.79 Å². The van der Waals surface area contributed by atoms with Gasteiger partial charge in [-0.1, -0.05) is 12.1 Å². The van der Waals surface area contributed by atoms with Crippen molar-refractivity contribution < 1.29 is 4.79 Å². The molecule has 0 radical (unpaired) electrons. The molecular weight excluding hydrogens is 297 g/mol. The van der Waals surface area contributed by atoms with Crippen LogP contribution in [0.3, 0.4) is 0 Å². The van der Waals surface area contributed by atoms with Gasteiger partial charge < -0.3 is 15.5 Å². The highest BCUT2D eigenvalue weighted by Gasteiger charge is 2.23. The summed E-state index contributed by atoms with van der Waals surface area (Å²) < 4.78 is 0. The van der Waals surface area contributed by atoms with Gasteiger partial charge in [-0.05, 0) is 31.5 Å². The van der Waals surface area contributed by atoms with E-state index in [4.69, 9.17) is 5.73 Å². The van der Waals surface area contributed by atoms with Crippen LogP contribution in [0.25, 0.3) is 0 Å². The van der Waals surface area contributed by atoms with E-state index >= 15 is 0 Å². The zero-order chi connectivity index (χ0) is 13.1. The second kappa shape index (κ2) is 8.35. The number of piperazine rings is 1. The van der Waals surface area contributed by atoms with Crippen LogP contribution in [0.4, 0.5) is 5.69 Å². The molecule has 1 fully saturated rings. The summed E-state index contributed by atoms with van der Waals surface area (Å²) >= 11 is 0. The van der Waals surface area contributed by atoms with Crippen LogP contribution in [0, 0.1) is 6.92 Å². The number of nitrogens with zero attached hydrogens (tertiary/aromatic N) is 2. The fraction of sp³-hybridized carbons (Fsp3) is 0.500. The lowest BCUT2D eigenvalue weighted by Gasteiger charge is -2.36. The predicted molar refractivity (Wildman–Crippen MR) is 88.1 cm³/mol. The predicted octanol–water partition coefficient (Wildman–Crippen LogP) is 1.83. The molecule has 1 aliphatic rings. The molecule has 1 aliphatic heterocycles. The van der Waals surface area contributed by atoms with Gasteiger partial charge >= 0.3 is 0 Å². The summed E-state index contributed by atoms with van der Waals surface area (Å²) in [7, 11) is 0. The second-order valence-corrected chi connectivity index (χ2v) is 4.94. The molecule has 0 unspecified atom stereocenters. The third-order valence-corrected chi connectivity index (χ3v) is 3.35. The van der Waals surface area contributed by atoms with E-state index in [-0.39, 0.29) is 30.7 Å². The summed E-state index contributed by atoms with van der Waals surface area (Å²) in [6.45, 7) is 7.11. The van der Waals surface area contributed by atoms with Crippen LogP contribution in [0.1, 0.15) is 12.5 Å². The lowest BCUT2D eigenvalue weighted by atomic mass is 10.2. The summed E-state index contributed by atoms with van der Waals surface area (Å²) in [6, 6.07) is 8.08. The maximum Gasteiger partial charge on any atom is 0.239 e. The Morgan fingerprint density at radius 3 is 2.30 bits per heavy atom. The minimum Gasteiger partial charge on any atom is -0.368 e. The Hall–Kier alpha value is -0.970. The molecule has 0 aromatic heterocycles. The minimum absolute atomic E-state index is 0. The second-order valence-electron chi connectivity index (χ2n) is 4.94. The van der Waals surface area contributed by atoms with Gasteiger partial charge in [0, 0.05) is 31.9 Å². The van der Waals surface area contributed by atoms with Crippen LogP contribution in [0.15, 0.2) is 24.3 Å². The van der Waals surface area contributed by atoms with E-state index in [9.17, 15) is 4.79 Å². The van der Waals surface area contributed by atoms with E-state index in [1.807, 2.05) is 4.90 Å². The van der Waals surface area contributed by atoms with Gasteiger partial charge in [0.05, 0.1) is 6.04 Å². The minimum atomic E-state index is -0.393. The molecule has 4 nitrogen and oxygen atoms in total. The molecule has 114 valence electrons. The van der Waals surface area contributed by atoms with Crippen molar-refractivity contribution >= 4 is 36.4 Å². The number of benzene rings is 1. The van der Waals surface area contributed by atoms with Crippen LogP contribution >= 0.6 is 24.8 Å². The summed E-state index contributed by atoms with van der Waals surface area (Å²) in [5.41, 5.74) is 8.13. The van der Waals surface area contributed by atoms with Crippen molar-refractivity contribution in [1.82, 2.24) is 4.90 Å². The molecule has 2 rings (SSSR count). The number of carbonyl (C=O) groups excluding carboxylic acids is 1.